The highest BCUT2D eigenvalue weighted by Gasteiger charge is 2.06. The lowest BCUT2D eigenvalue weighted by molar-refractivity contribution is 0.0947. The van der Waals surface area contributed by atoms with Crippen LogP contribution in [-0.2, 0) is 0 Å². The third kappa shape index (κ3) is 5.70. The molecule has 1 amide bonds. The van der Waals surface area contributed by atoms with Crippen LogP contribution in [-0.4, -0.2) is 42.0 Å². The van der Waals surface area contributed by atoms with Gasteiger partial charge in [0.25, 0.3) is 5.91 Å². The number of pyridine rings is 1. The van der Waals surface area contributed by atoms with E-state index in [-0.39, 0.29) is 5.91 Å². The van der Waals surface area contributed by atoms with E-state index < -0.39 is 0 Å². The summed E-state index contributed by atoms with van der Waals surface area (Å²) in [5.74, 6) is -0.162. The summed E-state index contributed by atoms with van der Waals surface area (Å²) in [7, 11) is 2.11. The highest BCUT2D eigenvalue weighted by Crippen LogP contribution is 2.02. The van der Waals surface area contributed by atoms with Crippen molar-refractivity contribution in [3.63, 3.8) is 0 Å². The molecule has 0 unspecified atom stereocenters. The Morgan fingerprint density at radius 2 is 2.21 bits per heavy atom. The third-order valence-electron chi connectivity index (χ3n) is 3.12. The number of carbonyl (C=O) groups excluding carboxylic acids is 1. The molecule has 106 valence electrons. The van der Waals surface area contributed by atoms with E-state index in [2.05, 4.69) is 36.1 Å². The maximum absolute atomic E-state index is 11.8. The van der Waals surface area contributed by atoms with E-state index in [0.717, 1.165) is 19.4 Å². The van der Waals surface area contributed by atoms with Crippen molar-refractivity contribution in [3.8, 4) is 0 Å². The molecule has 0 saturated carbocycles. The molecular formula is C14H24N4O. The molecule has 0 atom stereocenters. The molecule has 0 bridgehead atoms. The van der Waals surface area contributed by atoms with Crippen molar-refractivity contribution in [2.24, 2.45) is 0 Å². The van der Waals surface area contributed by atoms with Crippen LogP contribution in [0.15, 0.2) is 18.3 Å². The van der Waals surface area contributed by atoms with Crippen LogP contribution in [0.25, 0.3) is 0 Å². The molecule has 5 nitrogen and oxygen atoms in total. The fourth-order valence-corrected chi connectivity index (χ4v) is 1.61. The Bertz CT molecular complexity index is 406. The number of hydrogen-bond acceptors (Lipinski definition) is 4. The second-order valence-electron chi connectivity index (χ2n) is 5.01. The molecule has 3 N–H and O–H groups in total. The molecule has 0 aromatic carbocycles. The highest BCUT2D eigenvalue weighted by molar-refractivity contribution is 5.92. The summed E-state index contributed by atoms with van der Waals surface area (Å²) in [6.45, 7) is 6.06. The molecular weight excluding hydrogens is 240 g/mol. The van der Waals surface area contributed by atoms with Gasteiger partial charge in [-0.15, -0.1) is 0 Å². The van der Waals surface area contributed by atoms with E-state index >= 15 is 0 Å². The molecule has 0 spiro atoms. The lowest BCUT2D eigenvalue weighted by Crippen LogP contribution is -2.29. The molecule has 19 heavy (non-hydrogen) atoms. The first-order valence-electron chi connectivity index (χ1n) is 6.70. The molecule has 0 fully saturated rings. The number of hydrogen-bond donors (Lipinski definition) is 2. The lowest BCUT2D eigenvalue weighted by atomic mass is 10.2. The van der Waals surface area contributed by atoms with Crippen LogP contribution in [0.2, 0.25) is 0 Å². The summed E-state index contributed by atoms with van der Waals surface area (Å²) < 4.78 is 0. The fraction of sp³-hybridized carbons (Fsp3) is 0.571. The molecule has 0 aliphatic heterocycles. The largest absolute Gasteiger partial charge is 0.399 e. The Kier molecular flexibility index (Phi) is 6.29. The van der Waals surface area contributed by atoms with Gasteiger partial charge in [0.05, 0.1) is 0 Å². The lowest BCUT2D eigenvalue weighted by Gasteiger charge is -2.20. The Morgan fingerprint density at radius 3 is 2.84 bits per heavy atom. The first-order chi connectivity index (χ1) is 9.00. The number of carbonyl (C=O) groups is 1. The zero-order chi connectivity index (χ0) is 14.3. The summed E-state index contributed by atoms with van der Waals surface area (Å²) in [4.78, 5) is 18.0. The number of anilines is 1. The predicted molar refractivity (Wildman–Crippen MR) is 78.0 cm³/mol. The van der Waals surface area contributed by atoms with Crippen LogP contribution in [0.3, 0.4) is 0 Å². The SMILES string of the molecule is CC(C)N(C)CCCCNC(=O)c1cc(N)ccn1. The number of nitrogens with two attached hydrogens (primary N) is 1. The van der Waals surface area contributed by atoms with Crippen molar-refractivity contribution < 1.29 is 4.79 Å². The van der Waals surface area contributed by atoms with E-state index in [4.69, 9.17) is 5.73 Å². The van der Waals surface area contributed by atoms with E-state index in [1.165, 1.54) is 0 Å². The first-order valence-corrected chi connectivity index (χ1v) is 6.70. The minimum atomic E-state index is -0.162. The molecule has 0 radical (unpaired) electrons. The van der Waals surface area contributed by atoms with E-state index in [0.29, 0.717) is 24.0 Å². The van der Waals surface area contributed by atoms with Crippen LogP contribution in [0.5, 0.6) is 0 Å². The van der Waals surface area contributed by atoms with Gasteiger partial charge in [-0.05, 0) is 52.4 Å². The van der Waals surface area contributed by atoms with Crippen LogP contribution in [0.1, 0.15) is 37.2 Å². The van der Waals surface area contributed by atoms with Gasteiger partial charge in [-0.1, -0.05) is 0 Å². The quantitative estimate of drug-likeness (QED) is 0.732. The van der Waals surface area contributed by atoms with Crippen molar-refractivity contribution in [3.05, 3.63) is 24.0 Å². The summed E-state index contributed by atoms with van der Waals surface area (Å²) in [6, 6.07) is 3.81. The second-order valence-corrected chi connectivity index (χ2v) is 5.01. The van der Waals surface area contributed by atoms with Crippen molar-refractivity contribution in [2.75, 3.05) is 25.9 Å². The molecule has 0 aliphatic rings. The summed E-state index contributed by atoms with van der Waals surface area (Å²) in [6.07, 6.45) is 3.58. The number of nitrogens with zero attached hydrogens (tertiary/aromatic N) is 2. The van der Waals surface area contributed by atoms with Gasteiger partial charge in [0.15, 0.2) is 0 Å². The van der Waals surface area contributed by atoms with E-state index in [1.807, 2.05) is 0 Å². The van der Waals surface area contributed by atoms with Gasteiger partial charge in [-0.2, -0.15) is 0 Å². The van der Waals surface area contributed by atoms with Gasteiger partial charge in [-0.3, -0.25) is 9.78 Å². The topological polar surface area (TPSA) is 71.2 Å². The number of nitrogen functional groups attached to an aromatic ring is 1. The standard InChI is InChI=1S/C14H24N4O/c1-11(2)18(3)9-5-4-7-17-14(19)13-10-12(15)6-8-16-13/h6,8,10-11H,4-5,7,9H2,1-3H3,(H2,15,16)(H,17,19). The minimum absolute atomic E-state index is 0.162. The normalized spacial score (nSPS) is 11.0. The molecule has 1 aromatic rings. The molecule has 0 aliphatic carbocycles. The molecule has 1 heterocycles. The zero-order valence-electron chi connectivity index (χ0n) is 12.0. The van der Waals surface area contributed by atoms with Crippen LogP contribution < -0.4 is 11.1 Å². The average Bonchev–Trinajstić information content (AvgIpc) is 2.37. The van der Waals surface area contributed by atoms with Crippen molar-refractivity contribution in [1.29, 1.82) is 0 Å². The van der Waals surface area contributed by atoms with Crippen LogP contribution in [0, 0.1) is 0 Å². The number of unbranched alkanes of at least 4 members (excludes halogenated alkanes) is 1. The Balaban J connectivity index is 2.21. The number of nitrogens with one attached hydrogen (secondary N) is 1. The van der Waals surface area contributed by atoms with Crippen LogP contribution in [0.4, 0.5) is 5.69 Å². The molecule has 0 saturated heterocycles. The fourth-order valence-electron chi connectivity index (χ4n) is 1.61. The van der Waals surface area contributed by atoms with Crippen molar-refractivity contribution in [2.45, 2.75) is 32.7 Å². The summed E-state index contributed by atoms with van der Waals surface area (Å²) in [5, 5.41) is 2.85. The second kappa shape index (κ2) is 7.74. The Morgan fingerprint density at radius 1 is 1.47 bits per heavy atom. The van der Waals surface area contributed by atoms with Crippen molar-refractivity contribution >= 4 is 11.6 Å². The van der Waals surface area contributed by atoms with E-state index in [1.54, 1.807) is 18.3 Å². The molecule has 1 aromatic heterocycles. The van der Waals surface area contributed by atoms with Crippen molar-refractivity contribution in [1.82, 2.24) is 15.2 Å². The Labute approximate surface area is 115 Å². The van der Waals surface area contributed by atoms with Crippen LogP contribution >= 0.6 is 0 Å². The molecule has 5 heteroatoms. The summed E-state index contributed by atoms with van der Waals surface area (Å²) >= 11 is 0. The van der Waals surface area contributed by atoms with Gasteiger partial charge < -0.3 is 16.0 Å². The molecule has 1 rings (SSSR count). The maximum atomic E-state index is 11.8. The monoisotopic (exact) mass is 264 g/mol. The first kappa shape index (κ1) is 15.4. The highest BCUT2D eigenvalue weighted by atomic mass is 16.1. The van der Waals surface area contributed by atoms with Gasteiger partial charge in [0.2, 0.25) is 0 Å². The predicted octanol–water partition coefficient (Wildman–Crippen LogP) is 1.51. The van der Waals surface area contributed by atoms with Gasteiger partial charge >= 0.3 is 0 Å². The number of rotatable bonds is 7. The smallest absolute Gasteiger partial charge is 0.269 e. The average molecular weight is 264 g/mol. The third-order valence-corrected chi connectivity index (χ3v) is 3.12. The number of aromatic nitrogens is 1. The van der Waals surface area contributed by atoms with Gasteiger partial charge in [-0.25, -0.2) is 0 Å². The zero-order valence-corrected chi connectivity index (χ0v) is 12.0. The van der Waals surface area contributed by atoms with E-state index in [9.17, 15) is 4.79 Å². The summed E-state index contributed by atoms with van der Waals surface area (Å²) in [5.41, 5.74) is 6.54. The number of amides is 1. The van der Waals surface area contributed by atoms with Gasteiger partial charge in [0, 0.05) is 24.5 Å². The maximum Gasteiger partial charge on any atom is 0.269 e. The van der Waals surface area contributed by atoms with Gasteiger partial charge in [0.1, 0.15) is 5.69 Å². The Hall–Kier alpha value is -1.62. The minimum Gasteiger partial charge on any atom is -0.399 e.